The van der Waals surface area contributed by atoms with Crippen molar-refractivity contribution in [2.45, 2.75) is 17.5 Å². The average Bonchev–Trinajstić information content (AvgIpc) is 2.92. The highest BCUT2D eigenvalue weighted by atomic mass is 32.2. The minimum Gasteiger partial charge on any atom is -0.493 e. The van der Waals surface area contributed by atoms with E-state index in [1.54, 1.807) is 12.1 Å². The Kier molecular flexibility index (Phi) is 10.2. The Morgan fingerprint density at radius 3 is 2.33 bits per heavy atom. The number of hydrogen-bond acceptors (Lipinski definition) is 7. The molecule has 0 saturated carbocycles. The van der Waals surface area contributed by atoms with E-state index in [1.807, 2.05) is 6.07 Å². The standard InChI is InChI=1S/C27H30F3N3O6S/c1-37-14-13-32-26(34)19-8-9-22(31-12-11-18-7-10-23(38-2)24(15-18)39-3)25(16-19)40(35,36)33-21-6-4-5-20(17-21)27(28,29)30/h4-10,15-17,31,33H,11-14H2,1-3H3,(H,32,34). The Labute approximate surface area is 230 Å². The zero-order chi connectivity index (χ0) is 29.3. The van der Waals surface area contributed by atoms with E-state index in [0.717, 1.165) is 23.8 Å². The summed E-state index contributed by atoms with van der Waals surface area (Å²) in [6.45, 7) is 0.746. The number of ether oxygens (including phenoxy) is 3. The fourth-order valence-corrected chi connectivity index (χ4v) is 5.01. The van der Waals surface area contributed by atoms with E-state index in [0.29, 0.717) is 30.5 Å². The first-order valence-corrected chi connectivity index (χ1v) is 13.5. The van der Waals surface area contributed by atoms with Crippen LogP contribution in [0.15, 0.2) is 65.6 Å². The van der Waals surface area contributed by atoms with Gasteiger partial charge in [0.05, 0.1) is 32.1 Å². The van der Waals surface area contributed by atoms with E-state index in [4.69, 9.17) is 14.2 Å². The van der Waals surface area contributed by atoms with Crippen LogP contribution >= 0.6 is 0 Å². The quantitative estimate of drug-likeness (QED) is 0.254. The first-order chi connectivity index (χ1) is 19.0. The van der Waals surface area contributed by atoms with Gasteiger partial charge in [-0.2, -0.15) is 13.2 Å². The van der Waals surface area contributed by atoms with Gasteiger partial charge in [-0.05, 0) is 60.5 Å². The fraction of sp³-hybridized carbons (Fsp3) is 0.296. The highest BCUT2D eigenvalue weighted by Crippen LogP contribution is 2.32. The molecule has 0 fully saturated rings. The molecule has 216 valence electrons. The van der Waals surface area contributed by atoms with E-state index >= 15 is 0 Å². The van der Waals surface area contributed by atoms with Crippen molar-refractivity contribution in [1.82, 2.24) is 5.32 Å². The molecule has 13 heteroatoms. The summed E-state index contributed by atoms with van der Waals surface area (Å²) < 4.78 is 83.9. The highest BCUT2D eigenvalue weighted by Gasteiger charge is 2.31. The lowest BCUT2D eigenvalue weighted by Gasteiger charge is -2.16. The van der Waals surface area contributed by atoms with Crippen LogP contribution in [0.3, 0.4) is 0 Å². The zero-order valence-corrected chi connectivity index (χ0v) is 22.9. The number of anilines is 2. The summed E-state index contributed by atoms with van der Waals surface area (Å²) in [5, 5.41) is 5.66. The highest BCUT2D eigenvalue weighted by molar-refractivity contribution is 7.92. The lowest BCUT2D eigenvalue weighted by molar-refractivity contribution is -0.137. The molecule has 1 amide bonds. The van der Waals surface area contributed by atoms with Crippen molar-refractivity contribution in [3.8, 4) is 11.5 Å². The van der Waals surface area contributed by atoms with Crippen molar-refractivity contribution in [3.63, 3.8) is 0 Å². The largest absolute Gasteiger partial charge is 0.493 e. The number of carbonyl (C=O) groups excluding carboxylic acids is 1. The molecule has 0 heterocycles. The van der Waals surface area contributed by atoms with Crippen molar-refractivity contribution in [2.75, 3.05) is 51.1 Å². The number of benzene rings is 3. The third-order valence-electron chi connectivity index (χ3n) is 5.74. The Morgan fingerprint density at radius 1 is 0.900 bits per heavy atom. The van der Waals surface area contributed by atoms with Crippen LogP contribution in [0.2, 0.25) is 0 Å². The number of alkyl halides is 3. The number of nitrogens with one attached hydrogen (secondary N) is 3. The maximum absolute atomic E-state index is 13.4. The van der Waals surface area contributed by atoms with Gasteiger partial charge in [-0.15, -0.1) is 0 Å². The van der Waals surface area contributed by atoms with Gasteiger partial charge >= 0.3 is 6.18 Å². The van der Waals surface area contributed by atoms with Gasteiger partial charge in [0.2, 0.25) is 0 Å². The molecule has 3 aromatic rings. The summed E-state index contributed by atoms with van der Waals surface area (Å²) in [7, 11) is 0.0868. The van der Waals surface area contributed by atoms with Crippen molar-refractivity contribution in [3.05, 3.63) is 77.4 Å². The monoisotopic (exact) mass is 581 g/mol. The SMILES string of the molecule is COCCNC(=O)c1ccc(NCCc2ccc(OC)c(OC)c2)c(S(=O)(=O)Nc2cccc(C(F)(F)F)c2)c1. The molecule has 0 unspecified atom stereocenters. The topological polar surface area (TPSA) is 115 Å². The van der Waals surface area contributed by atoms with Crippen LogP contribution in [0.5, 0.6) is 11.5 Å². The lowest BCUT2D eigenvalue weighted by atomic mass is 10.1. The van der Waals surface area contributed by atoms with Crippen molar-refractivity contribution in [1.29, 1.82) is 0 Å². The summed E-state index contributed by atoms with van der Waals surface area (Å²) in [5.41, 5.74) is -0.196. The molecule has 3 N–H and O–H groups in total. The van der Waals surface area contributed by atoms with Crippen LogP contribution in [0.4, 0.5) is 24.5 Å². The molecule has 0 atom stereocenters. The molecule has 0 bridgehead atoms. The van der Waals surface area contributed by atoms with Crippen LogP contribution in [0.1, 0.15) is 21.5 Å². The van der Waals surface area contributed by atoms with Crippen LogP contribution in [0.25, 0.3) is 0 Å². The van der Waals surface area contributed by atoms with Crippen LogP contribution in [-0.4, -0.2) is 55.4 Å². The van der Waals surface area contributed by atoms with E-state index < -0.39 is 27.7 Å². The second-order valence-electron chi connectivity index (χ2n) is 8.51. The number of rotatable bonds is 13. The van der Waals surface area contributed by atoms with Gasteiger partial charge in [-0.1, -0.05) is 12.1 Å². The first-order valence-electron chi connectivity index (χ1n) is 12.0. The van der Waals surface area contributed by atoms with E-state index in [1.165, 1.54) is 39.5 Å². The van der Waals surface area contributed by atoms with E-state index in [9.17, 15) is 26.4 Å². The van der Waals surface area contributed by atoms with Gasteiger partial charge in [0.1, 0.15) is 4.90 Å². The molecule has 0 aliphatic carbocycles. The first kappa shape index (κ1) is 30.6. The van der Waals surface area contributed by atoms with Crippen molar-refractivity contribution < 1.29 is 40.6 Å². The molecule has 0 spiro atoms. The Bertz CT molecular complexity index is 1430. The number of halogens is 3. The van der Waals surface area contributed by atoms with Crippen LogP contribution in [0, 0.1) is 0 Å². The second kappa shape index (κ2) is 13.4. The Balaban J connectivity index is 1.89. The lowest BCUT2D eigenvalue weighted by Crippen LogP contribution is -2.27. The van der Waals surface area contributed by atoms with Gasteiger partial charge in [-0.25, -0.2) is 8.42 Å². The summed E-state index contributed by atoms with van der Waals surface area (Å²) in [4.78, 5) is 12.3. The molecular formula is C27H30F3N3O6S. The molecule has 0 aliphatic rings. The van der Waals surface area contributed by atoms with Crippen molar-refractivity contribution >= 4 is 27.3 Å². The number of methoxy groups -OCH3 is 3. The Morgan fingerprint density at radius 2 is 1.65 bits per heavy atom. The predicted octanol–water partition coefficient (Wildman–Crippen LogP) is 4.55. The molecule has 3 aromatic carbocycles. The van der Waals surface area contributed by atoms with Gasteiger partial charge in [0.15, 0.2) is 11.5 Å². The molecule has 0 aromatic heterocycles. The zero-order valence-electron chi connectivity index (χ0n) is 22.1. The van der Waals surface area contributed by atoms with Crippen molar-refractivity contribution in [2.24, 2.45) is 0 Å². The summed E-state index contributed by atoms with van der Waals surface area (Å²) in [5.74, 6) is 0.564. The van der Waals surface area contributed by atoms with Gasteiger partial charge < -0.3 is 24.8 Å². The normalized spacial score (nSPS) is 11.6. The number of amides is 1. The second-order valence-corrected chi connectivity index (χ2v) is 10.2. The van der Waals surface area contributed by atoms with E-state index in [-0.39, 0.29) is 35.0 Å². The maximum atomic E-state index is 13.4. The Hall–Kier alpha value is -3.97. The van der Waals surface area contributed by atoms with Gasteiger partial charge in [-0.3, -0.25) is 9.52 Å². The summed E-state index contributed by atoms with van der Waals surface area (Å²) in [6, 6.07) is 13.3. The molecule has 40 heavy (non-hydrogen) atoms. The molecule has 0 radical (unpaired) electrons. The smallest absolute Gasteiger partial charge is 0.416 e. The minimum atomic E-state index is -4.65. The number of sulfonamides is 1. The third-order valence-corrected chi connectivity index (χ3v) is 7.17. The molecule has 3 rings (SSSR count). The van der Waals surface area contributed by atoms with Gasteiger partial charge in [0.25, 0.3) is 15.9 Å². The third kappa shape index (κ3) is 8.02. The minimum absolute atomic E-state index is 0.0472. The van der Waals surface area contributed by atoms with E-state index in [2.05, 4.69) is 15.4 Å². The molecule has 0 saturated heterocycles. The number of carbonyl (C=O) groups is 1. The number of hydrogen-bond donors (Lipinski definition) is 3. The van der Waals surface area contributed by atoms with Crippen LogP contribution < -0.4 is 24.8 Å². The molecule has 0 aliphatic heterocycles. The van der Waals surface area contributed by atoms with Crippen LogP contribution in [-0.2, 0) is 27.4 Å². The van der Waals surface area contributed by atoms with Gasteiger partial charge in [0, 0.05) is 31.5 Å². The summed E-state index contributed by atoms with van der Waals surface area (Å²) in [6.07, 6.45) is -4.18. The molecule has 9 nitrogen and oxygen atoms in total. The predicted molar refractivity (Wildman–Crippen MR) is 145 cm³/mol. The fourth-order valence-electron chi connectivity index (χ4n) is 3.75. The summed E-state index contributed by atoms with van der Waals surface area (Å²) >= 11 is 0. The molecular weight excluding hydrogens is 551 g/mol. The average molecular weight is 582 g/mol. The maximum Gasteiger partial charge on any atom is 0.416 e.